The molecule has 0 aliphatic carbocycles. The second kappa shape index (κ2) is 8.76. The van der Waals surface area contributed by atoms with E-state index < -0.39 is 0 Å². The van der Waals surface area contributed by atoms with Gasteiger partial charge in [0.15, 0.2) is 0 Å². The summed E-state index contributed by atoms with van der Waals surface area (Å²) >= 11 is 0. The van der Waals surface area contributed by atoms with Crippen LogP contribution in [0.5, 0.6) is 0 Å². The first-order valence-electron chi connectivity index (χ1n) is 10.3. The first-order valence-corrected chi connectivity index (χ1v) is 10.3. The minimum atomic E-state index is 0.0740. The van der Waals surface area contributed by atoms with E-state index in [0.29, 0.717) is 27.9 Å². The quantitative estimate of drug-likeness (QED) is 0.557. The molecule has 152 valence electrons. The highest BCUT2D eigenvalue weighted by Crippen LogP contribution is 2.30. The van der Waals surface area contributed by atoms with Crippen molar-refractivity contribution in [1.82, 2.24) is 9.80 Å². The van der Waals surface area contributed by atoms with Crippen LogP contribution in [0, 0.1) is 5.21 Å². The van der Waals surface area contributed by atoms with Crippen molar-refractivity contribution in [3.8, 4) is 11.1 Å². The molecule has 0 saturated carbocycles. The van der Waals surface area contributed by atoms with Crippen LogP contribution in [0.2, 0.25) is 0 Å². The molecule has 2 aliphatic rings. The van der Waals surface area contributed by atoms with Crippen LogP contribution in [0.4, 0.5) is 5.69 Å². The van der Waals surface area contributed by atoms with E-state index in [-0.39, 0.29) is 12.3 Å². The topological polar surface area (TPSA) is 66.9 Å². The van der Waals surface area contributed by atoms with Gasteiger partial charge in [0.1, 0.15) is 0 Å². The monoisotopic (exact) mass is 392 g/mol. The summed E-state index contributed by atoms with van der Waals surface area (Å²) in [5.41, 5.74) is 2.43. The fraction of sp³-hybridized carbons (Fsp3) is 0.391. The molecule has 0 spiro atoms. The summed E-state index contributed by atoms with van der Waals surface area (Å²) in [6.45, 7) is 4.07. The number of likely N-dealkylation sites (tertiary alicyclic amines) is 2. The van der Waals surface area contributed by atoms with E-state index in [4.69, 9.17) is 0 Å². The number of carbonyl (C=O) groups excluding carboxylic acids is 2. The van der Waals surface area contributed by atoms with Gasteiger partial charge in [-0.15, -0.1) is 0 Å². The van der Waals surface area contributed by atoms with Gasteiger partial charge in [-0.2, -0.15) is 0 Å². The number of hydrogen-bond acceptors (Lipinski definition) is 4. The zero-order valence-electron chi connectivity index (χ0n) is 16.5. The van der Waals surface area contributed by atoms with E-state index in [1.54, 1.807) is 18.2 Å². The van der Waals surface area contributed by atoms with Crippen molar-refractivity contribution in [2.75, 3.05) is 31.2 Å². The molecule has 0 bridgehead atoms. The predicted molar refractivity (Wildman–Crippen MR) is 114 cm³/mol. The van der Waals surface area contributed by atoms with E-state index in [1.807, 2.05) is 35.2 Å². The highest BCUT2D eigenvalue weighted by atomic mass is 16.5. The van der Waals surface area contributed by atoms with Gasteiger partial charge in [-0.05, 0) is 62.5 Å². The summed E-state index contributed by atoms with van der Waals surface area (Å²) in [6.07, 6.45) is 4.90. The maximum absolute atomic E-state index is 13.1. The third-order valence-electron chi connectivity index (χ3n) is 5.99. The fourth-order valence-corrected chi connectivity index (χ4v) is 4.48. The van der Waals surface area contributed by atoms with Gasteiger partial charge in [-0.1, -0.05) is 30.3 Å². The summed E-state index contributed by atoms with van der Waals surface area (Å²) in [5.74, 6) is 0.0740. The first kappa shape index (κ1) is 19.6. The standard InChI is InChI=1S/C23H26N3O3/c27-17-26(29)22-8-2-1-7-21(22)18-9-11-19(12-10-18)23(28)25-15-5-6-20(25)16-24-13-3-4-14-24/h1-2,7-12,17,20H,3-6,13-16H2/q-1. The van der Waals surface area contributed by atoms with Crippen molar-refractivity contribution in [3.05, 3.63) is 59.3 Å². The first-order chi connectivity index (χ1) is 14.2. The summed E-state index contributed by atoms with van der Waals surface area (Å²) in [7, 11) is 0. The molecule has 0 radical (unpaired) electrons. The molecule has 2 aromatic rings. The maximum Gasteiger partial charge on any atom is 0.254 e. The van der Waals surface area contributed by atoms with Crippen LogP contribution < -0.4 is 5.06 Å². The molecule has 6 heteroatoms. The normalized spacial score (nSPS) is 19.5. The molecule has 2 fully saturated rings. The van der Waals surface area contributed by atoms with Gasteiger partial charge < -0.3 is 20.1 Å². The molecule has 2 amide bonds. The van der Waals surface area contributed by atoms with Gasteiger partial charge in [0.05, 0.1) is 0 Å². The Hall–Kier alpha value is -2.70. The molecule has 29 heavy (non-hydrogen) atoms. The number of hydroxylamine groups is 1. The van der Waals surface area contributed by atoms with Gasteiger partial charge in [-0.25, -0.2) is 0 Å². The Morgan fingerprint density at radius 3 is 2.48 bits per heavy atom. The molecule has 1 unspecified atom stereocenters. The highest BCUT2D eigenvalue weighted by molar-refractivity contribution is 5.95. The number of benzene rings is 2. The molecule has 6 nitrogen and oxygen atoms in total. The largest absolute Gasteiger partial charge is 0.752 e. The predicted octanol–water partition coefficient (Wildman–Crippen LogP) is 3.51. The van der Waals surface area contributed by atoms with Crippen molar-refractivity contribution < 1.29 is 9.59 Å². The maximum atomic E-state index is 13.1. The molecule has 2 aliphatic heterocycles. The van der Waals surface area contributed by atoms with Crippen molar-refractivity contribution in [1.29, 1.82) is 0 Å². The SMILES string of the molecule is O=CN([O-])c1ccccc1-c1ccc(C(=O)N2CCCC2CN2CCCC2)cc1. The Labute approximate surface area is 171 Å². The van der Waals surface area contributed by atoms with Gasteiger partial charge in [-0.3, -0.25) is 9.59 Å². The number of para-hydroxylation sites is 1. The van der Waals surface area contributed by atoms with E-state index in [2.05, 4.69) is 4.90 Å². The average molecular weight is 392 g/mol. The van der Waals surface area contributed by atoms with Crippen LogP contribution in [0.3, 0.4) is 0 Å². The zero-order valence-corrected chi connectivity index (χ0v) is 16.5. The van der Waals surface area contributed by atoms with E-state index >= 15 is 0 Å². The molecule has 0 N–H and O–H groups in total. The van der Waals surface area contributed by atoms with Crippen molar-refractivity contribution in [2.45, 2.75) is 31.7 Å². The minimum absolute atomic E-state index is 0.0740. The van der Waals surface area contributed by atoms with Gasteiger partial charge in [0.25, 0.3) is 5.91 Å². The van der Waals surface area contributed by atoms with Crippen LogP contribution in [-0.4, -0.2) is 54.3 Å². The molecular formula is C23H26N3O3-. The van der Waals surface area contributed by atoms with Crippen molar-refractivity contribution in [3.63, 3.8) is 0 Å². The minimum Gasteiger partial charge on any atom is -0.752 e. The Bertz CT molecular complexity index is 862. The molecule has 2 saturated heterocycles. The van der Waals surface area contributed by atoms with Gasteiger partial charge in [0, 0.05) is 35.9 Å². The Morgan fingerprint density at radius 2 is 1.76 bits per heavy atom. The molecule has 0 aromatic heterocycles. The lowest BCUT2D eigenvalue weighted by Gasteiger charge is -2.28. The molecular weight excluding hydrogens is 366 g/mol. The van der Waals surface area contributed by atoms with Crippen LogP contribution >= 0.6 is 0 Å². The lowest BCUT2D eigenvalue weighted by Crippen LogP contribution is -2.42. The third kappa shape index (κ3) is 4.18. The number of rotatable bonds is 6. The van der Waals surface area contributed by atoms with Crippen LogP contribution in [0.15, 0.2) is 48.5 Å². The van der Waals surface area contributed by atoms with E-state index in [0.717, 1.165) is 44.6 Å². The third-order valence-corrected chi connectivity index (χ3v) is 5.99. The number of amides is 2. The number of nitrogens with zero attached hydrogens (tertiary/aromatic N) is 3. The van der Waals surface area contributed by atoms with E-state index in [1.165, 1.54) is 12.8 Å². The highest BCUT2D eigenvalue weighted by Gasteiger charge is 2.31. The van der Waals surface area contributed by atoms with E-state index in [9.17, 15) is 14.8 Å². The Morgan fingerprint density at radius 1 is 1.03 bits per heavy atom. The summed E-state index contributed by atoms with van der Waals surface area (Å²) < 4.78 is 0. The van der Waals surface area contributed by atoms with Crippen molar-refractivity contribution >= 4 is 18.0 Å². The van der Waals surface area contributed by atoms with Crippen LogP contribution in [0.25, 0.3) is 11.1 Å². The summed E-state index contributed by atoms with van der Waals surface area (Å²) in [6, 6.07) is 14.6. The van der Waals surface area contributed by atoms with Crippen LogP contribution in [0.1, 0.15) is 36.0 Å². The lowest BCUT2D eigenvalue weighted by molar-refractivity contribution is -0.106. The zero-order chi connectivity index (χ0) is 20.2. The van der Waals surface area contributed by atoms with Crippen LogP contribution in [-0.2, 0) is 4.79 Å². The Kier molecular flexibility index (Phi) is 5.92. The molecule has 2 heterocycles. The lowest BCUT2D eigenvalue weighted by atomic mass is 10.0. The van der Waals surface area contributed by atoms with Crippen molar-refractivity contribution in [2.24, 2.45) is 0 Å². The van der Waals surface area contributed by atoms with Gasteiger partial charge >= 0.3 is 0 Å². The molecule has 4 rings (SSSR count). The number of hydrogen-bond donors (Lipinski definition) is 0. The second-order valence-electron chi connectivity index (χ2n) is 7.83. The Balaban J connectivity index is 1.50. The fourth-order valence-electron chi connectivity index (χ4n) is 4.48. The smallest absolute Gasteiger partial charge is 0.254 e. The summed E-state index contributed by atoms with van der Waals surface area (Å²) in [4.78, 5) is 28.5. The second-order valence-corrected chi connectivity index (χ2v) is 7.83. The average Bonchev–Trinajstić information content (AvgIpc) is 3.45. The molecule has 2 aromatic carbocycles. The summed E-state index contributed by atoms with van der Waals surface area (Å²) in [5, 5.41) is 12.1. The number of anilines is 1. The van der Waals surface area contributed by atoms with Gasteiger partial charge in [0.2, 0.25) is 6.41 Å². The molecule has 1 atom stereocenters. The number of carbonyl (C=O) groups is 2.